The van der Waals surface area contributed by atoms with E-state index >= 15 is 0 Å². The molecule has 0 radical (unpaired) electrons. The van der Waals surface area contributed by atoms with Crippen molar-refractivity contribution < 1.29 is 14.3 Å². The first-order valence-electron chi connectivity index (χ1n) is 8.56. The van der Waals surface area contributed by atoms with Gasteiger partial charge in [0.05, 0.1) is 18.9 Å². The van der Waals surface area contributed by atoms with E-state index in [1.54, 1.807) is 0 Å². The van der Waals surface area contributed by atoms with Gasteiger partial charge in [0.15, 0.2) is 6.61 Å². The molecule has 3 rings (SSSR count). The normalized spacial score (nSPS) is 22.0. The number of piperidine rings is 1. The zero-order valence-electron chi connectivity index (χ0n) is 13.9. The number of carbonyl (C=O) groups is 1. The summed E-state index contributed by atoms with van der Waals surface area (Å²) < 4.78 is 11.1. The molecule has 2 aliphatic rings. The summed E-state index contributed by atoms with van der Waals surface area (Å²) in [6.07, 6.45) is 2.50. The maximum absolute atomic E-state index is 12.2. The summed E-state index contributed by atoms with van der Waals surface area (Å²) in [4.78, 5) is 16.4. The molecule has 5 heteroatoms. The van der Waals surface area contributed by atoms with E-state index in [-0.39, 0.29) is 12.5 Å². The van der Waals surface area contributed by atoms with Crippen molar-refractivity contribution in [3.63, 3.8) is 0 Å². The van der Waals surface area contributed by atoms with Gasteiger partial charge in [0.2, 0.25) is 0 Å². The van der Waals surface area contributed by atoms with Crippen molar-refractivity contribution in [2.24, 2.45) is 5.92 Å². The third-order valence-corrected chi connectivity index (χ3v) is 4.58. The molecule has 0 aliphatic carbocycles. The lowest BCUT2D eigenvalue weighted by molar-refractivity contribution is -0.137. The van der Waals surface area contributed by atoms with Gasteiger partial charge in [0, 0.05) is 26.2 Å². The van der Waals surface area contributed by atoms with Crippen LogP contribution in [0.5, 0.6) is 5.75 Å². The number of para-hydroxylation sites is 2. The summed E-state index contributed by atoms with van der Waals surface area (Å²) in [5, 5.41) is 0. The van der Waals surface area contributed by atoms with Gasteiger partial charge < -0.3 is 19.3 Å². The lowest BCUT2D eigenvalue weighted by Gasteiger charge is -2.34. The third kappa shape index (κ3) is 4.16. The summed E-state index contributed by atoms with van der Waals surface area (Å²) in [7, 11) is 0. The largest absolute Gasteiger partial charge is 0.482 e. The minimum absolute atomic E-state index is 0.0371. The van der Waals surface area contributed by atoms with Crippen molar-refractivity contribution in [1.82, 2.24) is 4.90 Å². The lowest BCUT2D eigenvalue weighted by Crippen LogP contribution is -2.43. The second-order valence-electron chi connectivity index (χ2n) is 6.44. The van der Waals surface area contributed by atoms with E-state index in [1.807, 2.05) is 23.1 Å². The number of anilines is 1. The Labute approximate surface area is 138 Å². The van der Waals surface area contributed by atoms with Gasteiger partial charge in [0.1, 0.15) is 5.75 Å². The number of morpholine rings is 1. The van der Waals surface area contributed by atoms with Crippen molar-refractivity contribution in [1.29, 1.82) is 0 Å². The van der Waals surface area contributed by atoms with Gasteiger partial charge >= 0.3 is 0 Å². The molecule has 0 aromatic heterocycles. The summed E-state index contributed by atoms with van der Waals surface area (Å²) >= 11 is 0. The highest BCUT2D eigenvalue weighted by atomic mass is 16.5. The van der Waals surface area contributed by atoms with Crippen LogP contribution >= 0.6 is 0 Å². The molecular weight excluding hydrogens is 292 g/mol. The molecule has 0 N–H and O–H groups in total. The first kappa shape index (κ1) is 16.1. The number of hydrogen-bond acceptors (Lipinski definition) is 4. The molecule has 5 nitrogen and oxygen atoms in total. The Kier molecular flexibility index (Phi) is 5.39. The Morgan fingerprint density at radius 3 is 2.83 bits per heavy atom. The van der Waals surface area contributed by atoms with Crippen LogP contribution in [0.15, 0.2) is 24.3 Å². The smallest absolute Gasteiger partial charge is 0.260 e. The monoisotopic (exact) mass is 318 g/mol. The van der Waals surface area contributed by atoms with Gasteiger partial charge in [-0.2, -0.15) is 0 Å². The molecule has 1 aromatic rings. The van der Waals surface area contributed by atoms with Crippen LogP contribution in [0.2, 0.25) is 0 Å². The second-order valence-corrected chi connectivity index (χ2v) is 6.44. The number of ether oxygens (including phenoxy) is 2. The molecule has 0 saturated carbocycles. The highest BCUT2D eigenvalue weighted by Crippen LogP contribution is 2.31. The van der Waals surface area contributed by atoms with Crippen LogP contribution in [0.1, 0.15) is 19.8 Å². The van der Waals surface area contributed by atoms with E-state index in [2.05, 4.69) is 17.9 Å². The van der Waals surface area contributed by atoms with E-state index in [1.165, 1.54) is 12.8 Å². The third-order valence-electron chi connectivity index (χ3n) is 4.58. The molecule has 2 aliphatic heterocycles. The van der Waals surface area contributed by atoms with Crippen LogP contribution in [0.3, 0.4) is 0 Å². The molecule has 2 heterocycles. The average Bonchev–Trinajstić information content (AvgIpc) is 2.60. The number of rotatable bonds is 4. The molecule has 1 amide bonds. The summed E-state index contributed by atoms with van der Waals surface area (Å²) in [6.45, 7) is 7.06. The lowest BCUT2D eigenvalue weighted by atomic mass is 9.99. The van der Waals surface area contributed by atoms with Crippen molar-refractivity contribution in [2.45, 2.75) is 19.8 Å². The van der Waals surface area contributed by atoms with Crippen molar-refractivity contribution in [2.75, 3.05) is 50.9 Å². The SMILES string of the molecule is C[C@@H]1CCCN(c2ccccc2OCC(=O)N2CCOCC2)C1. The first-order valence-corrected chi connectivity index (χ1v) is 8.56. The highest BCUT2D eigenvalue weighted by Gasteiger charge is 2.21. The predicted molar refractivity (Wildman–Crippen MR) is 89.9 cm³/mol. The fourth-order valence-electron chi connectivity index (χ4n) is 3.29. The fraction of sp³-hybridized carbons (Fsp3) is 0.611. The van der Waals surface area contributed by atoms with E-state index in [0.29, 0.717) is 32.2 Å². The number of nitrogens with zero attached hydrogens (tertiary/aromatic N) is 2. The van der Waals surface area contributed by atoms with Crippen LogP contribution in [0, 0.1) is 5.92 Å². The van der Waals surface area contributed by atoms with Crippen molar-refractivity contribution in [3.05, 3.63) is 24.3 Å². The first-order chi connectivity index (χ1) is 11.2. The molecular formula is C18H26N2O3. The molecule has 0 bridgehead atoms. The Morgan fingerprint density at radius 1 is 1.26 bits per heavy atom. The Bertz CT molecular complexity index is 529. The number of amides is 1. The van der Waals surface area contributed by atoms with Gasteiger partial charge in [-0.05, 0) is 30.9 Å². The second kappa shape index (κ2) is 7.68. The van der Waals surface area contributed by atoms with E-state index in [0.717, 1.165) is 24.5 Å². The van der Waals surface area contributed by atoms with Gasteiger partial charge in [-0.25, -0.2) is 0 Å². The molecule has 126 valence electrons. The minimum Gasteiger partial charge on any atom is -0.482 e. The Hall–Kier alpha value is -1.75. The molecule has 2 fully saturated rings. The molecule has 0 spiro atoms. The van der Waals surface area contributed by atoms with E-state index < -0.39 is 0 Å². The van der Waals surface area contributed by atoms with E-state index in [9.17, 15) is 4.79 Å². The minimum atomic E-state index is 0.0371. The van der Waals surface area contributed by atoms with Crippen molar-refractivity contribution in [3.8, 4) is 5.75 Å². The fourth-order valence-corrected chi connectivity index (χ4v) is 3.29. The summed E-state index contributed by atoms with van der Waals surface area (Å²) in [5.74, 6) is 1.55. The van der Waals surface area contributed by atoms with Gasteiger partial charge in [0.25, 0.3) is 5.91 Å². The highest BCUT2D eigenvalue weighted by molar-refractivity contribution is 5.78. The van der Waals surface area contributed by atoms with Crippen molar-refractivity contribution >= 4 is 11.6 Å². The Morgan fingerprint density at radius 2 is 2.04 bits per heavy atom. The van der Waals surface area contributed by atoms with Crippen LogP contribution in [0.25, 0.3) is 0 Å². The standard InChI is InChI=1S/C18H26N2O3/c1-15-5-4-8-20(13-15)16-6-2-3-7-17(16)23-14-18(21)19-9-11-22-12-10-19/h2-3,6-7,15H,4-5,8-14H2,1H3/t15-/m1/s1. The molecule has 0 unspecified atom stereocenters. The number of benzene rings is 1. The maximum Gasteiger partial charge on any atom is 0.260 e. The van der Waals surface area contributed by atoms with E-state index in [4.69, 9.17) is 9.47 Å². The number of hydrogen-bond donors (Lipinski definition) is 0. The quantitative estimate of drug-likeness (QED) is 0.853. The van der Waals surface area contributed by atoms with Crippen LogP contribution in [0.4, 0.5) is 5.69 Å². The van der Waals surface area contributed by atoms with Crippen LogP contribution < -0.4 is 9.64 Å². The van der Waals surface area contributed by atoms with Crippen LogP contribution in [-0.4, -0.2) is 56.8 Å². The molecule has 2 saturated heterocycles. The van der Waals surface area contributed by atoms with Gasteiger partial charge in [-0.3, -0.25) is 4.79 Å². The van der Waals surface area contributed by atoms with Gasteiger partial charge in [-0.1, -0.05) is 19.1 Å². The summed E-state index contributed by atoms with van der Waals surface area (Å²) in [6, 6.07) is 8.05. The van der Waals surface area contributed by atoms with Gasteiger partial charge in [-0.15, -0.1) is 0 Å². The Balaban J connectivity index is 1.62. The molecule has 23 heavy (non-hydrogen) atoms. The number of carbonyl (C=O) groups excluding carboxylic acids is 1. The zero-order valence-corrected chi connectivity index (χ0v) is 13.9. The molecule has 1 atom stereocenters. The zero-order chi connectivity index (χ0) is 16.1. The predicted octanol–water partition coefficient (Wildman–Crippen LogP) is 2.16. The van der Waals surface area contributed by atoms with Crippen LogP contribution in [-0.2, 0) is 9.53 Å². The topological polar surface area (TPSA) is 42.0 Å². The average molecular weight is 318 g/mol. The summed E-state index contributed by atoms with van der Waals surface area (Å²) in [5.41, 5.74) is 1.11. The maximum atomic E-state index is 12.2. The molecule has 1 aromatic carbocycles.